The number of hydrogen-bond donors (Lipinski definition) is 1. The molecule has 0 saturated carbocycles. The Morgan fingerprint density at radius 3 is 3.09 bits per heavy atom. The fourth-order valence-corrected chi connectivity index (χ4v) is 3.24. The van der Waals surface area contributed by atoms with Crippen molar-refractivity contribution in [2.45, 2.75) is 31.6 Å². The van der Waals surface area contributed by atoms with E-state index in [0.29, 0.717) is 18.8 Å². The van der Waals surface area contributed by atoms with Crippen LogP contribution in [0.25, 0.3) is 0 Å². The molecule has 1 atom stereocenters. The van der Waals surface area contributed by atoms with Gasteiger partial charge in [0.1, 0.15) is 11.6 Å². The smallest absolute Gasteiger partial charge is 0.222 e. The molecule has 1 fully saturated rings. The van der Waals surface area contributed by atoms with E-state index in [2.05, 4.69) is 9.97 Å². The van der Waals surface area contributed by atoms with Crippen LogP contribution in [0.4, 0.5) is 0 Å². The first-order chi connectivity index (χ1) is 11.3. The molecule has 23 heavy (non-hydrogen) atoms. The zero-order valence-electron chi connectivity index (χ0n) is 13.5. The molecule has 2 aromatic rings. The number of nitrogens with one attached hydrogen (secondary N) is 1. The third kappa shape index (κ3) is 3.73. The molecule has 1 N–H and O–H groups in total. The van der Waals surface area contributed by atoms with Gasteiger partial charge in [0.15, 0.2) is 0 Å². The Hall–Kier alpha value is -2.30. The molecule has 3 rings (SSSR count). The van der Waals surface area contributed by atoms with Crippen LogP contribution in [0.15, 0.2) is 36.7 Å². The maximum absolute atomic E-state index is 12.5. The van der Waals surface area contributed by atoms with Gasteiger partial charge in [-0.25, -0.2) is 4.98 Å². The molecular weight excluding hydrogens is 290 g/mol. The Balaban J connectivity index is 1.57. The van der Waals surface area contributed by atoms with Crippen molar-refractivity contribution in [1.82, 2.24) is 14.9 Å². The number of likely N-dealkylation sites (tertiary alicyclic amines) is 1. The number of methoxy groups -OCH3 is 1. The third-order valence-corrected chi connectivity index (χ3v) is 4.48. The predicted molar refractivity (Wildman–Crippen MR) is 88.5 cm³/mol. The number of carbonyl (C=O) groups is 1. The molecule has 0 bridgehead atoms. The molecule has 1 aliphatic rings. The summed E-state index contributed by atoms with van der Waals surface area (Å²) >= 11 is 0. The number of nitrogens with zero attached hydrogens (tertiary/aromatic N) is 2. The molecule has 1 amide bonds. The number of benzene rings is 1. The summed E-state index contributed by atoms with van der Waals surface area (Å²) in [6.45, 7) is 1.61. The van der Waals surface area contributed by atoms with E-state index in [4.69, 9.17) is 4.74 Å². The zero-order valence-corrected chi connectivity index (χ0v) is 13.5. The van der Waals surface area contributed by atoms with Crippen LogP contribution in [-0.2, 0) is 11.2 Å². The second-order valence-corrected chi connectivity index (χ2v) is 5.97. The zero-order chi connectivity index (χ0) is 16.1. The lowest BCUT2D eigenvalue weighted by Crippen LogP contribution is -2.39. The largest absolute Gasteiger partial charge is 0.496 e. The number of aryl methyl sites for hydroxylation is 1. The van der Waals surface area contributed by atoms with E-state index in [9.17, 15) is 4.79 Å². The predicted octanol–water partition coefficient (Wildman–Crippen LogP) is 2.76. The molecule has 1 unspecified atom stereocenters. The first-order valence-corrected chi connectivity index (χ1v) is 8.17. The first-order valence-electron chi connectivity index (χ1n) is 8.17. The van der Waals surface area contributed by atoms with Gasteiger partial charge >= 0.3 is 0 Å². The second kappa shape index (κ2) is 7.31. The van der Waals surface area contributed by atoms with Crippen LogP contribution in [-0.4, -0.2) is 41.0 Å². The molecular formula is C18H23N3O2. The monoisotopic (exact) mass is 313 g/mol. The van der Waals surface area contributed by atoms with E-state index < -0.39 is 0 Å². The summed E-state index contributed by atoms with van der Waals surface area (Å²) < 4.78 is 5.35. The van der Waals surface area contributed by atoms with Gasteiger partial charge in [-0.1, -0.05) is 18.2 Å². The van der Waals surface area contributed by atoms with Crippen molar-refractivity contribution in [3.8, 4) is 5.75 Å². The van der Waals surface area contributed by atoms with Crippen LogP contribution in [0.2, 0.25) is 0 Å². The van der Waals surface area contributed by atoms with Crippen molar-refractivity contribution < 1.29 is 9.53 Å². The van der Waals surface area contributed by atoms with Gasteiger partial charge in [-0.2, -0.15) is 0 Å². The van der Waals surface area contributed by atoms with Crippen molar-refractivity contribution in [2.75, 3.05) is 20.2 Å². The number of hydrogen-bond acceptors (Lipinski definition) is 3. The minimum atomic E-state index is 0.215. The maximum Gasteiger partial charge on any atom is 0.222 e. The number of piperidine rings is 1. The lowest BCUT2D eigenvalue weighted by molar-refractivity contribution is -0.132. The van der Waals surface area contributed by atoms with E-state index in [1.807, 2.05) is 35.4 Å². The average molecular weight is 313 g/mol. The van der Waals surface area contributed by atoms with Crippen molar-refractivity contribution in [2.24, 2.45) is 0 Å². The molecule has 0 aliphatic carbocycles. The summed E-state index contributed by atoms with van der Waals surface area (Å²) in [6.07, 6.45) is 6.97. The van der Waals surface area contributed by atoms with E-state index in [-0.39, 0.29) is 5.91 Å². The maximum atomic E-state index is 12.5. The highest BCUT2D eigenvalue weighted by atomic mass is 16.5. The number of rotatable bonds is 5. The second-order valence-electron chi connectivity index (χ2n) is 5.97. The fraction of sp³-hybridized carbons (Fsp3) is 0.444. The van der Waals surface area contributed by atoms with Crippen LogP contribution >= 0.6 is 0 Å². The van der Waals surface area contributed by atoms with Crippen molar-refractivity contribution in [1.29, 1.82) is 0 Å². The summed E-state index contributed by atoms with van der Waals surface area (Å²) in [6, 6.07) is 7.89. The number of H-pyrrole nitrogens is 1. The molecule has 0 radical (unpaired) electrons. The Morgan fingerprint density at radius 1 is 1.43 bits per heavy atom. The summed E-state index contributed by atoms with van der Waals surface area (Å²) in [5.74, 6) is 2.39. The normalized spacial score (nSPS) is 18.0. The average Bonchev–Trinajstić information content (AvgIpc) is 3.14. The lowest BCUT2D eigenvalue weighted by atomic mass is 9.96. The standard InChI is InChI=1S/C18H23N3O2/c1-23-16-7-3-2-5-14(16)8-9-17(22)21-12-4-6-15(13-21)18-19-10-11-20-18/h2-3,5,7,10-11,15H,4,6,8-9,12-13H2,1H3,(H,19,20). The van der Waals surface area contributed by atoms with Gasteiger partial charge < -0.3 is 14.6 Å². The quantitative estimate of drug-likeness (QED) is 0.923. The summed E-state index contributed by atoms with van der Waals surface area (Å²) in [5, 5.41) is 0. The number of ether oxygens (including phenoxy) is 1. The van der Waals surface area contributed by atoms with Gasteiger partial charge in [-0.05, 0) is 30.9 Å². The SMILES string of the molecule is COc1ccccc1CCC(=O)N1CCCC(c2ncc[nH]2)C1. The van der Waals surface area contributed by atoms with Gasteiger partial charge in [-0.15, -0.1) is 0 Å². The number of imidazole rings is 1. The van der Waals surface area contributed by atoms with Crippen LogP contribution in [0.3, 0.4) is 0 Å². The summed E-state index contributed by atoms with van der Waals surface area (Å²) in [5.41, 5.74) is 1.09. The number of aromatic nitrogens is 2. The third-order valence-electron chi connectivity index (χ3n) is 4.48. The molecule has 5 nitrogen and oxygen atoms in total. The summed E-state index contributed by atoms with van der Waals surface area (Å²) in [4.78, 5) is 22.0. The Bertz CT molecular complexity index is 639. The number of amides is 1. The molecule has 5 heteroatoms. The van der Waals surface area contributed by atoms with Crippen LogP contribution in [0.5, 0.6) is 5.75 Å². The minimum Gasteiger partial charge on any atom is -0.496 e. The molecule has 122 valence electrons. The van der Waals surface area contributed by atoms with Crippen molar-refractivity contribution in [3.05, 3.63) is 48.0 Å². The van der Waals surface area contributed by atoms with Crippen LogP contribution in [0, 0.1) is 0 Å². The highest BCUT2D eigenvalue weighted by Gasteiger charge is 2.25. The van der Waals surface area contributed by atoms with Gasteiger partial charge in [-0.3, -0.25) is 4.79 Å². The molecule has 1 saturated heterocycles. The molecule has 2 heterocycles. The molecule has 1 aromatic carbocycles. The molecule has 0 spiro atoms. The topological polar surface area (TPSA) is 58.2 Å². The van der Waals surface area contributed by atoms with Gasteiger partial charge in [0.25, 0.3) is 0 Å². The van der Waals surface area contributed by atoms with E-state index in [0.717, 1.165) is 43.1 Å². The highest BCUT2D eigenvalue weighted by molar-refractivity contribution is 5.76. The number of aromatic amines is 1. The van der Waals surface area contributed by atoms with Gasteiger partial charge in [0.2, 0.25) is 5.91 Å². The van der Waals surface area contributed by atoms with E-state index >= 15 is 0 Å². The van der Waals surface area contributed by atoms with E-state index in [1.54, 1.807) is 13.3 Å². The van der Waals surface area contributed by atoms with Crippen molar-refractivity contribution >= 4 is 5.91 Å². The molecule has 1 aromatic heterocycles. The van der Waals surface area contributed by atoms with Crippen LogP contribution < -0.4 is 4.74 Å². The van der Waals surface area contributed by atoms with Crippen LogP contribution in [0.1, 0.15) is 36.6 Å². The van der Waals surface area contributed by atoms with Gasteiger partial charge in [0.05, 0.1) is 7.11 Å². The Morgan fingerprint density at radius 2 is 2.30 bits per heavy atom. The number of carbonyl (C=O) groups excluding carboxylic acids is 1. The fourth-order valence-electron chi connectivity index (χ4n) is 3.24. The minimum absolute atomic E-state index is 0.215. The number of para-hydroxylation sites is 1. The van der Waals surface area contributed by atoms with Gasteiger partial charge in [0, 0.05) is 37.8 Å². The molecule has 1 aliphatic heterocycles. The Labute approximate surface area is 136 Å². The van der Waals surface area contributed by atoms with Crippen molar-refractivity contribution in [3.63, 3.8) is 0 Å². The highest BCUT2D eigenvalue weighted by Crippen LogP contribution is 2.25. The lowest BCUT2D eigenvalue weighted by Gasteiger charge is -2.32. The summed E-state index contributed by atoms with van der Waals surface area (Å²) in [7, 11) is 1.67. The van der Waals surface area contributed by atoms with E-state index in [1.165, 1.54) is 0 Å². The Kier molecular flexibility index (Phi) is 4.95. The first kappa shape index (κ1) is 15.6.